The van der Waals surface area contributed by atoms with Crippen LogP contribution in [0.4, 0.5) is 5.69 Å². The van der Waals surface area contributed by atoms with Crippen LogP contribution in [0.3, 0.4) is 0 Å². The molecular formula is C19H24N2O3S. The van der Waals surface area contributed by atoms with Crippen LogP contribution in [0.5, 0.6) is 5.75 Å². The van der Waals surface area contributed by atoms with Gasteiger partial charge in [-0.25, -0.2) is 8.42 Å². The smallest absolute Gasteiger partial charge is 0.243 e. The van der Waals surface area contributed by atoms with Crippen LogP contribution in [0.15, 0.2) is 53.4 Å². The van der Waals surface area contributed by atoms with E-state index in [-0.39, 0.29) is 0 Å². The molecule has 1 fully saturated rings. The first-order chi connectivity index (χ1) is 12.0. The molecule has 25 heavy (non-hydrogen) atoms. The van der Waals surface area contributed by atoms with Gasteiger partial charge < -0.3 is 9.64 Å². The van der Waals surface area contributed by atoms with Crippen molar-refractivity contribution in [1.29, 1.82) is 0 Å². The first kappa shape index (κ1) is 17.8. The van der Waals surface area contributed by atoms with Crippen LogP contribution in [-0.4, -0.2) is 45.5 Å². The molecule has 0 atom stereocenters. The molecule has 0 unspecified atom stereocenters. The molecular weight excluding hydrogens is 336 g/mol. The van der Waals surface area contributed by atoms with Gasteiger partial charge in [0.05, 0.1) is 11.5 Å². The summed E-state index contributed by atoms with van der Waals surface area (Å²) in [6.45, 7) is 6.85. The van der Waals surface area contributed by atoms with Gasteiger partial charge in [0.15, 0.2) is 0 Å². The molecule has 6 heteroatoms. The van der Waals surface area contributed by atoms with E-state index in [9.17, 15) is 8.42 Å². The summed E-state index contributed by atoms with van der Waals surface area (Å²) in [5, 5.41) is 0. The van der Waals surface area contributed by atoms with E-state index in [1.807, 2.05) is 44.2 Å². The van der Waals surface area contributed by atoms with E-state index in [1.165, 1.54) is 0 Å². The second-order valence-electron chi connectivity index (χ2n) is 6.13. The quantitative estimate of drug-likeness (QED) is 0.823. The van der Waals surface area contributed by atoms with E-state index in [1.54, 1.807) is 22.5 Å². The van der Waals surface area contributed by atoms with Gasteiger partial charge in [0.1, 0.15) is 5.75 Å². The van der Waals surface area contributed by atoms with Crippen molar-refractivity contribution in [1.82, 2.24) is 4.31 Å². The highest BCUT2D eigenvalue weighted by Gasteiger charge is 2.28. The highest BCUT2D eigenvalue weighted by Crippen LogP contribution is 2.23. The van der Waals surface area contributed by atoms with Crippen LogP contribution in [0.2, 0.25) is 0 Å². The van der Waals surface area contributed by atoms with E-state index < -0.39 is 10.0 Å². The summed E-state index contributed by atoms with van der Waals surface area (Å²) in [4.78, 5) is 2.58. The lowest BCUT2D eigenvalue weighted by Crippen LogP contribution is -2.48. The zero-order valence-corrected chi connectivity index (χ0v) is 15.5. The Kier molecular flexibility index (Phi) is 5.30. The normalized spacial score (nSPS) is 16.0. The van der Waals surface area contributed by atoms with E-state index in [2.05, 4.69) is 4.90 Å². The molecule has 5 nitrogen and oxygen atoms in total. The zero-order valence-electron chi connectivity index (χ0n) is 14.7. The van der Waals surface area contributed by atoms with Gasteiger partial charge >= 0.3 is 0 Å². The van der Waals surface area contributed by atoms with Gasteiger partial charge in [-0.05, 0) is 55.8 Å². The van der Waals surface area contributed by atoms with Crippen molar-refractivity contribution < 1.29 is 13.2 Å². The third-order valence-electron chi connectivity index (χ3n) is 4.38. The van der Waals surface area contributed by atoms with E-state index in [4.69, 9.17) is 4.74 Å². The van der Waals surface area contributed by atoms with Crippen molar-refractivity contribution in [2.24, 2.45) is 0 Å². The number of hydrogen-bond acceptors (Lipinski definition) is 4. The summed E-state index contributed by atoms with van der Waals surface area (Å²) >= 11 is 0. The van der Waals surface area contributed by atoms with Gasteiger partial charge in [-0.2, -0.15) is 4.31 Å². The van der Waals surface area contributed by atoms with E-state index in [0.717, 1.165) is 17.0 Å². The van der Waals surface area contributed by atoms with Crippen molar-refractivity contribution in [3.8, 4) is 5.75 Å². The topological polar surface area (TPSA) is 49.9 Å². The molecule has 0 spiro atoms. The Morgan fingerprint density at radius 3 is 2.28 bits per heavy atom. The molecule has 3 rings (SSSR count). The number of hydrogen-bond donors (Lipinski definition) is 0. The van der Waals surface area contributed by atoms with Crippen LogP contribution in [0, 0.1) is 6.92 Å². The fourth-order valence-electron chi connectivity index (χ4n) is 3.03. The van der Waals surface area contributed by atoms with Crippen molar-refractivity contribution >= 4 is 15.7 Å². The number of aryl methyl sites for hydroxylation is 1. The Morgan fingerprint density at radius 1 is 1.00 bits per heavy atom. The maximum absolute atomic E-state index is 12.8. The maximum atomic E-state index is 12.8. The first-order valence-electron chi connectivity index (χ1n) is 8.55. The minimum atomic E-state index is -3.42. The molecule has 2 aromatic rings. The molecule has 2 aromatic carbocycles. The fraction of sp³-hybridized carbons (Fsp3) is 0.368. The minimum Gasteiger partial charge on any atom is -0.494 e. The maximum Gasteiger partial charge on any atom is 0.243 e. The molecule has 1 aliphatic heterocycles. The van der Waals surface area contributed by atoms with E-state index in [0.29, 0.717) is 37.7 Å². The number of rotatable bonds is 5. The minimum absolute atomic E-state index is 0.377. The zero-order chi connectivity index (χ0) is 17.9. The predicted molar refractivity (Wildman–Crippen MR) is 99.8 cm³/mol. The summed E-state index contributed by atoms with van der Waals surface area (Å²) < 4.78 is 32.6. The summed E-state index contributed by atoms with van der Waals surface area (Å²) in [5.74, 6) is 0.854. The number of ether oxygens (including phenoxy) is 1. The number of anilines is 1. The monoisotopic (exact) mass is 360 g/mol. The van der Waals surface area contributed by atoms with Crippen LogP contribution < -0.4 is 9.64 Å². The van der Waals surface area contributed by atoms with Crippen LogP contribution in [0.1, 0.15) is 12.5 Å². The second-order valence-corrected chi connectivity index (χ2v) is 8.07. The molecule has 0 bridgehead atoms. The van der Waals surface area contributed by atoms with E-state index >= 15 is 0 Å². The highest BCUT2D eigenvalue weighted by molar-refractivity contribution is 7.89. The lowest BCUT2D eigenvalue weighted by Gasteiger charge is -2.35. The van der Waals surface area contributed by atoms with Crippen molar-refractivity contribution in [3.05, 3.63) is 54.1 Å². The molecule has 0 aliphatic carbocycles. The van der Waals surface area contributed by atoms with Crippen LogP contribution in [-0.2, 0) is 10.0 Å². The predicted octanol–water partition coefficient (Wildman–Crippen LogP) is 2.90. The largest absolute Gasteiger partial charge is 0.494 e. The molecule has 0 amide bonds. The molecule has 1 heterocycles. The van der Waals surface area contributed by atoms with Gasteiger partial charge in [-0.3, -0.25) is 0 Å². The second kappa shape index (κ2) is 7.45. The summed E-state index contributed by atoms with van der Waals surface area (Å²) in [6, 6.07) is 15.0. The average molecular weight is 360 g/mol. The Balaban J connectivity index is 1.67. The molecule has 0 radical (unpaired) electrons. The van der Waals surface area contributed by atoms with Crippen LogP contribution in [0.25, 0.3) is 0 Å². The summed E-state index contributed by atoms with van der Waals surface area (Å²) in [7, 11) is -3.42. The average Bonchev–Trinajstić information content (AvgIpc) is 2.63. The molecule has 0 saturated carbocycles. The molecule has 0 aromatic heterocycles. The molecule has 134 valence electrons. The van der Waals surface area contributed by atoms with Crippen LogP contribution >= 0.6 is 0 Å². The molecule has 0 N–H and O–H groups in total. The Labute approximate surface area is 149 Å². The standard InChI is InChI=1S/C19H24N2O3S/c1-3-24-18-9-7-17(8-10-18)20-11-13-21(14-12-20)25(22,23)19-6-4-5-16(2)15-19/h4-10,15H,3,11-14H2,1-2H3. The third-order valence-corrected chi connectivity index (χ3v) is 6.27. The van der Waals surface area contributed by atoms with Gasteiger partial charge in [-0.1, -0.05) is 12.1 Å². The molecule has 1 saturated heterocycles. The first-order valence-corrected chi connectivity index (χ1v) is 9.99. The Bertz CT molecular complexity index is 811. The van der Waals surface area contributed by atoms with Gasteiger partial charge in [-0.15, -0.1) is 0 Å². The highest BCUT2D eigenvalue weighted by atomic mass is 32.2. The molecule has 1 aliphatic rings. The Hall–Kier alpha value is -2.05. The van der Waals surface area contributed by atoms with Crippen molar-refractivity contribution in [3.63, 3.8) is 0 Å². The van der Waals surface area contributed by atoms with Gasteiger partial charge in [0.2, 0.25) is 10.0 Å². The lowest BCUT2D eigenvalue weighted by molar-refractivity contribution is 0.340. The number of sulfonamides is 1. The SMILES string of the molecule is CCOc1ccc(N2CCN(S(=O)(=O)c3cccc(C)c3)CC2)cc1. The number of nitrogens with zero attached hydrogens (tertiary/aromatic N) is 2. The number of benzene rings is 2. The fourth-order valence-corrected chi connectivity index (χ4v) is 4.56. The van der Waals surface area contributed by atoms with Crippen molar-refractivity contribution in [2.45, 2.75) is 18.7 Å². The number of piperazine rings is 1. The van der Waals surface area contributed by atoms with Gasteiger partial charge in [0.25, 0.3) is 0 Å². The van der Waals surface area contributed by atoms with Gasteiger partial charge in [0, 0.05) is 31.9 Å². The third kappa shape index (κ3) is 3.96. The summed E-state index contributed by atoms with van der Waals surface area (Å²) in [5.41, 5.74) is 2.05. The summed E-state index contributed by atoms with van der Waals surface area (Å²) in [6.07, 6.45) is 0. The lowest BCUT2D eigenvalue weighted by atomic mass is 10.2. The Morgan fingerprint density at radius 2 is 1.68 bits per heavy atom. The van der Waals surface area contributed by atoms with Crippen molar-refractivity contribution in [2.75, 3.05) is 37.7 Å².